The Hall–Kier alpha value is -2.65. The first-order chi connectivity index (χ1) is 29.2. The van der Waals surface area contributed by atoms with Gasteiger partial charge in [-0.2, -0.15) is 198 Å². The molecule has 0 rings (SSSR count). The van der Waals surface area contributed by atoms with Crippen LogP contribution < -0.4 is 0 Å². The van der Waals surface area contributed by atoms with Crippen molar-refractivity contribution in [2.24, 2.45) is 0 Å². The Kier molecular flexibility index (Phi) is 15.8. The van der Waals surface area contributed by atoms with Crippen LogP contribution in [0.25, 0.3) is 0 Å². The Morgan fingerprint density at radius 1 is 0.171 bits per heavy atom. The molecule has 0 bridgehead atoms. The standard InChI is InChI=1S/C19F46O2Si3/c20-1(21,2(22,23)4(26,27)6(30,31)32)3(24,25)5(28,29)13(51,52)70(65,66-68(14(53,54)7(33,34)35,15(55,56)8(36,37)38)16(57,58)9(39,40)41)67-69(17(59,60)10(42,43)44,18(61,62)11(45,46)47)19(63,64)12(48,49)50. The summed E-state index contributed by atoms with van der Waals surface area (Å²) >= 11 is 0. The van der Waals surface area contributed by atoms with Gasteiger partial charge in [-0.1, -0.05) is 0 Å². The average molecular weight is 1220 g/mol. The van der Waals surface area contributed by atoms with Crippen LogP contribution >= 0.6 is 0 Å². The van der Waals surface area contributed by atoms with Crippen LogP contribution in [0.4, 0.5) is 202 Å². The molecule has 70 heavy (non-hydrogen) atoms. The zero-order valence-electron chi connectivity index (χ0n) is 29.2. The molecule has 0 N–H and O–H groups in total. The lowest BCUT2D eigenvalue weighted by atomic mass is 9.94. The van der Waals surface area contributed by atoms with Crippen molar-refractivity contribution in [2.75, 3.05) is 0 Å². The Morgan fingerprint density at radius 3 is 0.457 bits per heavy atom. The second kappa shape index (κ2) is 16.4. The molecule has 0 aliphatic rings. The quantitative estimate of drug-likeness (QED) is 0.0871. The average Bonchev–Trinajstić information content (AvgIpc) is 3.04. The van der Waals surface area contributed by atoms with E-state index >= 15 is 12.9 Å². The van der Waals surface area contributed by atoms with Crippen LogP contribution in [0.2, 0.25) is 0 Å². The highest BCUT2D eigenvalue weighted by molar-refractivity contribution is 6.93. The van der Waals surface area contributed by atoms with Crippen molar-refractivity contribution < 1.29 is 210 Å². The SMILES string of the molecule is FC(F)(F)C(F)(F)C(F)(F)C(F)(F)C(F)(F)C(F)(F)C(F)(F)[Si](F)(O[Si](C(F)(F)C(F)(F)F)(C(F)(F)C(F)(F)F)C(F)(F)C(F)(F)F)O[Si](C(F)(F)C(F)(F)F)(C(F)(F)C(F)(F)F)C(F)(F)C(F)(F)F. The second-order valence-electron chi connectivity index (χ2n) is 12.5. The highest BCUT2D eigenvalue weighted by Crippen LogP contribution is 2.70. The third-order valence-electron chi connectivity index (χ3n) is 8.06. The van der Waals surface area contributed by atoms with Gasteiger partial charge in [-0.3, -0.25) is 0 Å². The van der Waals surface area contributed by atoms with Gasteiger partial charge in [0, 0.05) is 0 Å². The topological polar surface area (TPSA) is 18.5 Å². The van der Waals surface area contributed by atoms with E-state index in [9.17, 15) is 189 Å². The summed E-state index contributed by atoms with van der Waals surface area (Å²) in [5, 5.41) is 0. The number of hydrogen-bond acceptors (Lipinski definition) is 2. The van der Waals surface area contributed by atoms with E-state index < -0.39 is 137 Å². The molecule has 0 spiro atoms. The molecular formula is C19F46O2Si3. The van der Waals surface area contributed by atoms with Crippen molar-refractivity contribution in [2.45, 2.75) is 112 Å². The molecule has 0 radical (unpaired) electrons. The minimum atomic E-state index is -14.7. The summed E-state index contributed by atoms with van der Waals surface area (Å²) < 4.78 is 643. The van der Waals surface area contributed by atoms with E-state index in [-0.39, 0.29) is 8.23 Å². The maximum Gasteiger partial charge on any atom is 0.600 e. The monoisotopic (exact) mass is 1220 g/mol. The lowest BCUT2D eigenvalue weighted by Crippen LogP contribution is -2.92. The molecule has 0 atom stereocenters. The van der Waals surface area contributed by atoms with E-state index in [4.69, 9.17) is 0 Å². The third kappa shape index (κ3) is 8.32. The molecule has 0 saturated heterocycles. The lowest BCUT2D eigenvalue weighted by molar-refractivity contribution is -0.449. The molecule has 0 fully saturated rings. The van der Waals surface area contributed by atoms with Crippen molar-refractivity contribution in [1.29, 1.82) is 0 Å². The van der Waals surface area contributed by atoms with Crippen LogP contribution in [-0.4, -0.2) is 137 Å². The maximum absolute atomic E-state index is 16.4. The van der Waals surface area contributed by atoms with Gasteiger partial charge >= 0.3 is 137 Å². The minimum absolute atomic E-state index is 0.233. The van der Waals surface area contributed by atoms with Gasteiger partial charge in [-0.25, -0.2) is 4.11 Å². The van der Waals surface area contributed by atoms with E-state index in [1.165, 1.54) is 0 Å². The molecule has 0 unspecified atom stereocenters. The minimum Gasteiger partial charge on any atom is -0.395 e. The summed E-state index contributed by atoms with van der Waals surface area (Å²) in [6, 6.07) is 0. The first-order valence-corrected chi connectivity index (χ1v) is 19.8. The summed E-state index contributed by atoms with van der Waals surface area (Å²) in [7, 11) is -43.4. The van der Waals surface area contributed by atoms with Gasteiger partial charge in [0.1, 0.15) is 0 Å². The van der Waals surface area contributed by atoms with E-state index in [0.29, 0.717) is 0 Å². The van der Waals surface area contributed by atoms with Gasteiger partial charge < -0.3 is 8.23 Å². The van der Waals surface area contributed by atoms with Gasteiger partial charge in [0.25, 0.3) is 0 Å². The fourth-order valence-corrected chi connectivity index (χ4v) is 17.5. The Balaban J connectivity index is 11.0. The first-order valence-electron chi connectivity index (χ1n) is 14.3. The van der Waals surface area contributed by atoms with Crippen LogP contribution in [0, 0.1) is 0 Å². The zero-order valence-corrected chi connectivity index (χ0v) is 32.2. The third-order valence-corrected chi connectivity index (χ3v) is 20.7. The summed E-state index contributed by atoms with van der Waals surface area (Å²) in [6.07, 6.45) is -69.2. The molecule has 0 amide bonds. The fourth-order valence-electron chi connectivity index (χ4n) is 4.46. The van der Waals surface area contributed by atoms with Gasteiger partial charge in [0.15, 0.2) is 0 Å². The van der Waals surface area contributed by atoms with E-state index in [0.717, 1.165) is 0 Å². The van der Waals surface area contributed by atoms with Crippen LogP contribution in [0.5, 0.6) is 0 Å². The summed E-state index contributed by atoms with van der Waals surface area (Å²) in [6.45, 7) is 0. The van der Waals surface area contributed by atoms with E-state index in [2.05, 4.69) is 0 Å². The molecule has 0 aromatic carbocycles. The molecule has 2 nitrogen and oxygen atoms in total. The predicted octanol–water partition coefficient (Wildman–Crippen LogP) is 14.2. The van der Waals surface area contributed by atoms with Crippen molar-refractivity contribution in [3.63, 3.8) is 0 Å². The van der Waals surface area contributed by atoms with Crippen LogP contribution in [0.1, 0.15) is 0 Å². The normalized spacial score (nSPS) is 17.4. The van der Waals surface area contributed by atoms with Crippen LogP contribution in [0.15, 0.2) is 0 Å². The number of rotatable bonds is 16. The lowest BCUT2D eigenvalue weighted by Gasteiger charge is -2.53. The highest BCUT2D eigenvalue weighted by atomic mass is 28.5. The largest absolute Gasteiger partial charge is 0.600 e. The molecule has 0 heterocycles. The van der Waals surface area contributed by atoms with Gasteiger partial charge in [-0.15, -0.1) is 0 Å². The van der Waals surface area contributed by atoms with Crippen molar-refractivity contribution >= 4 is 25.5 Å². The van der Waals surface area contributed by atoms with Gasteiger partial charge in [-0.05, 0) is 0 Å². The Labute approximate surface area is 348 Å². The number of hydrogen-bond donors (Lipinski definition) is 0. The predicted molar refractivity (Wildman–Crippen MR) is 122 cm³/mol. The maximum atomic E-state index is 16.4. The highest BCUT2D eigenvalue weighted by Gasteiger charge is 3.08. The molecule has 0 aromatic rings. The second-order valence-corrected chi connectivity index (χ2v) is 22.3. The molecule has 51 heteroatoms. The van der Waals surface area contributed by atoms with Crippen molar-refractivity contribution in [3.05, 3.63) is 0 Å². The number of alkyl halides is 45. The molecule has 422 valence electrons. The van der Waals surface area contributed by atoms with Crippen molar-refractivity contribution in [3.8, 4) is 0 Å². The summed E-state index contributed by atoms with van der Waals surface area (Å²) in [4.78, 5) is 0. The smallest absolute Gasteiger partial charge is 0.395 e. The fraction of sp³-hybridized carbons (Fsp3) is 1.00. The molecule has 0 aliphatic heterocycles. The molecule has 0 saturated carbocycles. The van der Waals surface area contributed by atoms with Crippen LogP contribution in [-0.2, 0) is 8.23 Å². The summed E-state index contributed by atoms with van der Waals surface area (Å²) in [5.74, 6) is -52.9. The van der Waals surface area contributed by atoms with Gasteiger partial charge in [0.2, 0.25) is 0 Å². The van der Waals surface area contributed by atoms with Crippen molar-refractivity contribution in [1.82, 2.24) is 0 Å². The first kappa shape index (κ1) is 67.4. The van der Waals surface area contributed by atoms with Gasteiger partial charge in [0.05, 0.1) is 0 Å². The molecular weight excluding hydrogens is 1220 g/mol. The Bertz CT molecular complexity index is 1640. The molecule has 0 aromatic heterocycles. The number of halogens is 46. The molecule has 0 aliphatic carbocycles. The van der Waals surface area contributed by atoms with E-state index in [1.807, 2.05) is 0 Å². The van der Waals surface area contributed by atoms with Crippen LogP contribution in [0.3, 0.4) is 0 Å². The van der Waals surface area contributed by atoms with E-state index in [1.54, 1.807) is 0 Å². The summed E-state index contributed by atoms with van der Waals surface area (Å²) in [5.41, 5.74) is -77.2. The zero-order chi connectivity index (χ0) is 58.4. The Morgan fingerprint density at radius 2 is 0.314 bits per heavy atom.